The molecule has 0 aromatic carbocycles. The lowest BCUT2D eigenvalue weighted by Gasteiger charge is -2.31. The summed E-state index contributed by atoms with van der Waals surface area (Å²) in [6.45, 7) is 7.98. The minimum absolute atomic E-state index is 0.793. The molecule has 0 saturated carbocycles. The molecule has 0 aliphatic heterocycles. The monoisotopic (exact) mass is 290 g/mol. The fraction of sp³-hybridized carbons (Fsp3) is 1.00. The van der Waals surface area contributed by atoms with E-state index in [0.717, 1.165) is 51.2 Å². The summed E-state index contributed by atoms with van der Waals surface area (Å²) < 4.78 is 12.5. The van der Waals surface area contributed by atoms with Gasteiger partial charge in [0.05, 0.1) is 0 Å². The number of hydrogen-bond acceptors (Lipinski definition) is 4. The Morgan fingerprint density at radius 1 is 0.737 bits per heavy atom. The van der Waals surface area contributed by atoms with Gasteiger partial charge >= 0.3 is 8.56 Å². The van der Waals surface area contributed by atoms with Crippen LogP contribution in [0.2, 0.25) is 12.1 Å². The van der Waals surface area contributed by atoms with Gasteiger partial charge in [0, 0.05) is 26.3 Å². The van der Waals surface area contributed by atoms with Crippen molar-refractivity contribution in [3.05, 3.63) is 0 Å². The van der Waals surface area contributed by atoms with Crippen LogP contribution in [0.25, 0.3) is 0 Å². The molecular weight excluding hydrogens is 256 g/mol. The summed E-state index contributed by atoms with van der Waals surface area (Å²) in [5.41, 5.74) is 0. The van der Waals surface area contributed by atoms with Gasteiger partial charge in [-0.05, 0) is 40.3 Å². The quantitative estimate of drug-likeness (QED) is 0.515. The Kier molecular flexibility index (Phi) is 10.8. The van der Waals surface area contributed by atoms with Crippen LogP contribution in [0.5, 0.6) is 0 Å². The minimum atomic E-state index is -1.98. The Hall–Kier alpha value is 0.0569. The zero-order valence-electron chi connectivity index (χ0n) is 13.9. The average molecular weight is 291 g/mol. The second kappa shape index (κ2) is 10.8. The minimum Gasteiger partial charge on any atom is -0.393 e. The third-order valence-electron chi connectivity index (χ3n) is 3.07. The Balaban J connectivity index is 4.38. The highest BCUT2D eigenvalue weighted by Gasteiger charge is 2.35. The molecule has 0 aromatic rings. The fourth-order valence-corrected chi connectivity index (χ4v) is 5.41. The molecule has 0 spiro atoms. The second-order valence-electron chi connectivity index (χ2n) is 5.71. The second-order valence-corrected chi connectivity index (χ2v) is 9.11. The first-order valence-electron chi connectivity index (χ1n) is 7.53. The molecule has 0 aliphatic rings. The number of likely N-dealkylation sites (N-methyl/N-ethyl adjacent to an activating group) is 2. The van der Waals surface area contributed by atoms with Crippen LogP contribution in [-0.2, 0) is 8.85 Å². The normalized spacial score (nSPS) is 12.6. The first kappa shape index (κ1) is 19.1. The lowest BCUT2D eigenvalue weighted by atomic mass is 10.6. The van der Waals surface area contributed by atoms with Gasteiger partial charge in [0.2, 0.25) is 0 Å². The van der Waals surface area contributed by atoms with Gasteiger partial charge in [0.15, 0.2) is 0 Å². The Labute approximate surface area is 121 Å². The van der Waals surface area contributed by atoms with Gasteiger partial charge in [0.1, 0.15) is 0 Å². The molecule has 0 fully saturated rings. The van der Waals surface area contributed by atoms with E-state index in [1.807, 2.05) is 0 Å². The first-order valence-corrected chi connectivity index (χ1v) is 9.76. The molecule has 0 radical (unpaired) electrons. The van der Waals surface area contributed by atoms with Crippen LogP contribution >= 0.6 is 0 Å². The topological polar surface area (TPSA) is 24.9 Å². The van der Waals surface area contributed by atoms with Crippen molar-refractivity contribution in [1.82, 2.24) is 9.80 Å². The van der Waals surface area contributed by atoms with E-state index >= 15 is 0 Å². The van der Waals surface area contributed by atoms with Gasteiger partial charge in [-0.1, -0.05) is 26.7 Å². The van der Waals surface area contributed by atoms with Gasteiger partial charge < -0.3 is 18.7 Å². The molecule has 5 heteroatoms. The van der Waals surface area contributed by atoms with Crippen LogP contribution in [0.4, 0.5) is 0 Å². The van der Waals surface area contributed by atoms with Crippen molar-refractivity contribution in [3.8, 4) is 0 Å². The van der Waals surface area contributed by atoms with Gasteiger partial charge in [-0.15, -0.1) is 0 Å². The summed E-state index contributed by atoms with van der Waals surface area (Å²) in [6.07, 6.45) is 2.30. The van der Waals surface area contributed by atoms with Crippen molar-refractivity contribution < 1.29 is 8.85 Å². The van der Waals surface area contributed by atoms with E-state index in [-0.39, 0.29) is 0 Å². The van der Waals surface area contributed by atoms with Crippen LogP contribution in [0.1, 0.15) is 26.7 Å². The highest BCUT2D eigenvalue weighted by Crippen LogP contribution is 2.22. The molecular formula is C14H34N2O2Si. The van der Waals surface area contributed by atoms with Crippen molar-refractivity contribution in [3.63, 3.8) is 0 Å². The van der Waals surface area contributed by atoms with E-state index in [1.54, 1.807) is 0 Å². The van der Waals surface area contributed by atoms with Gasteiger partial charge in [-0.2, -0.15) is 0 Å². The summed E-state index contributed by atoms with van der Waals surface area (Å²) in [4.78, 5) is 4.33. The summed E-state index contributed by atoms with van der Waals surface area (Å²) in [6, 6.07) is 2.23. The summed E-state index contributed by atoms with van der Waals surface area (Å²) in [7, 11) is 6.35. The van der Waals surface area contributed by atoms with E-state index < -0.39 is 8.56 Å². The Morgan fingerprint density at radius 2 is 1.11 bits per heavy atom. The summed E-state index contributed by atoms with van der Waals surface area (Å²) in [5, 5.41) is 0. The van der Waals surface area contributed by atoms with Crippen molar-refractivity contribution in [2.45, 2.75) is 38.8 Å². The smallest absolute Gasteiger partial charge is 0.338 e. The Morgan fingerprint density at radius 3 is 1.37 bits per heavy atom. The lowest BCUT2D eigenvalue weighted by Crippen LogP contribution is -2.44. The molecule has 116 valence electrons. The zero-order chi connectivity index (χ0) is 14.7. The highest BCUT2D eigenvalue weighted by atomic mass is 28.4. The predicted molar refractivity (Wildman–Crippen MR) is 85.0 cm³/mol. The highest BCUT2D eigenvalue weighted by molar-refractivity contribution is 6.67. The summed E-state index contributed by atoms with van der Waals surface area (Å²) >= 11 is 0. The largest absolute Gasteiger partial charge is 0.393 e. The third-order valence-corrected chi connectivity index (χ3v) is 7.05. The number of hydrogen-bond donors (Lipinski definition) is 0. The van der Waals surface area contributed by atoms with E-state index in [9.17, 15) is 0 Å². The van der Waals surface area contributed by atoms with E-state index in [0.29, 0.717) is 0 Å². The van der Waals surface area contributed by atoms with Crippen LogP contribution in [0.15, 0.2) is 0 Å². The molecule has 4 nitrogen and oxygen atoms in total. The SMILES string of the molecule is CCC[Si](CCC)(OCCN(C)C)OCCN(C)C. The molecule has 19 heavy (non-hydrogen) atoms. The van der Waals surface area contributed by atoms with Crippen molar-refractivity contribution in [2.75, 3.05) is 54.5 Å². The molecule has 0 N–H and O–H groups in total. The van der Waals surface area contributed by atoms with E-state index in [1.165, 1.54) is 0 Å². The summed E-state index contributed by atoms with van der Waals surface area (Å²) in [5.74, 6) is 0. The first-order chi connectivity index (χ1) is 8.95. The zero-order valence-corrected chi connectivity index (χ0v) is 14.9. The van der Waals surface area contributed by atoms with Gasteiger partial charge in [0.25, 0.3) is 0 Å². The fourth-order valence-electron chi connectivity index (χ4n) is 2.05. The van der Waals surface area contributed by atoms with Crippen molar-refractivity contribution >= 4 is 8.56 Å². The van der Waals surface area contributed by atoms with Crippen LogP contribution in [0.3, 0.4) is 0 Å². The molecule has 0 rings (SSSR count). The maximum absolute atomic E-state index is 6.26. The predicted octanol–water partition coefficient (Wildman–Crippen LogP) is 2.41. The average Bonchev–Trinajstić information content (AvgIpc) is 2.28. The third kappa shape index (κ3) is 9.57. The lowest BCUT2D eigenvalue weighted by molar-refractivity contribution is 0.144. The standard InChI is InChI=1S/C14H34N2O2Si/c1-7-13-19(14-8-2,17-11-9-15(3)4)18-12-10-16(5)6/h7-14H2,1-6H3. The Bertz CT molecular complexity index is 192. The molecule has 0 saturated heterocycles. The maximum atomic E-state index is 6.26. The van der Waals surface area contributed by atoms with Crippen molar-refractivity contribution in [1.29, 1.82) is 0 Å². The number of rotatable bonds is 12. The van der Waals surface area contributed by atoms with Gasteiger partial charge in [-0.3, -0.25) is 0 Å². The molecule has 0 amide bonds. The molecule has 0 bridgehead atoms. The molecule has 0 aliphatic carbocycles. The molecule has 0 aromatic heterocycles. The van der Waals surface area contributed by atoms with E-state index in [4.69, 9.17) is 8.85 Å². The van der Waals surface area contributed by atoms with Crippen molar-refractivity contribution in [2.24, 2.45) is 0 Å². The molecule has 0 heterocycles. The van der Waals surface area contributed by atoms with E-state index in [2.05, 4.69) is 51.8 Å². The van der Waals surface area contributed by atoms with Crippen LogP contribution in [-0.4, -0.2) is 72.9 Å². The van der Waals surface area contributed by atoms with Crippen LogP contribution in [0, 0.1) is 0 Å². The number of nitrogens with zero attached hydrogens (tertiary/aromatic N) is 2. The van der Waals surface area contributed by atoms with Gasteiger partial charge in [-0.25, -0.2) is 0 Å². The van der Waals surface area contributed by atoms with Crippen LogP contribution < -0.4 is 0 Å². The molecule has 0 atom stereocenters. The molecule has 0 unspecified atom stereocenters. The maximum Gasteiger partial charge on any atom is 0.338 e.